The third kappa shape index (κ3) is 6.12. The molecule has 1 aromatic carbocycles. The van der Waals surface area contributed by atoms with Crippen molar-refractivity contribution < 1.29 is 4.74 Å². The Kier molecular flexibility index (Phi) is 9.08. The number of nitrogens with zero attached hydrogens (tertiary/aromatic N) is 3. The van der Waals surface area contributed by atoms with Gasteiger partial charge in [0.05, 0.1) is 22.7 Å². The molecule has 4 nitrogen and oxygen atoms in total. The van der Waals surface area contributed by atoms with Crippen LogP contribution in [0.1, 0.15) is 38.7 Å². The molecule has 1 saturated carbocycles. The molecule has 2 atom stereocenters. The number of methoxy groups -OCH3 is 1. The normalized spacial score (nSPS) is 18.0. The first-order chi connectivity index (χ1) is 13.6. The SMILES string of the molecule is CC.COc1ccc(CN(CC2CCC(C#N)C2)c2cc(Cl)c(Br)cn2)cc1. The van der Waals surface area contributed by atoms with Gasteiger partial charge >= 0.3 is 0 Å². The third-order valence-electron chi connectivity index (χ3n) is 4.85. The van der Waals surface area contributed by atoms with E-state index in [1.54, 1.807) is 13.3 Å². The van der Waals surface area contributed by atoms with Gasteiger partial charge in [0.15, 0.2) is 0 Å². The lowest BCUT2D eigenvalue weighted by molar-refractivity contribution is 0.414. The number of hydrogen-bond acceptors (Lipinski definition) is 4. The molecule has 2 aromatic rings. The fourth-order valence-corrected chi connectivity index (χ4v) is 3.80. The van der Waals surface area contributed by atoms with Crippen LogP contribution in [0.15, 0.2) is 41.0 Å². The van der Waals surface area contributed by atoms with E-state index in [9.17, 15) is 5.26 Å². The summed E-state index contributed by atoms with van der Waals surface area (Å²) in [6, 6.07) is 12.4. The van der Waals surface area contributed by atoms with Gasteiger partial charge in [0, 0.05) is 31.3 Å². The van der Waals surface area contributed by atoms with Crippen molar-refractivity contribution in [2.75, 3.05) is 18.6 Å². The van der Waals surface area contributed by atoms with Gasteiger partial charge in [0.25, 0.3) is 0 Å². The Morgan fingerprint density at radius 1 is 1.29 bits per heavy atom. The molecule has 0 N–H and O–H groups in total. The number of hydrogen-bond donors (Lipinski definition) is 0. The van der Waals surface area contributed by atoms with Gasteiger partial charge in [-0.05, 0) is 58.8 Å². The highest BCUT2D eigenvalue weighted by Gasteiger charge is 2.26. The number of halogens is 2. The lowest BCUT2D eigenvalue weighted by atomic mass is 10.0. The molecule has 28 heavy (non-hydrogen) atoms. The van der Waals surface area contributed by atoms with Gasteiger partial charge in [0.1, 0.15) is 11.6 Å². The second-order valence-corrected chi connectivity index (χ2v) is 7.95. The van der Waals surface area contributed by atoms with Crippen LogP contribution in [0.25, 0.3) is 0 Å². The molecular weight excluding hydrogens is 438 g/mol. The van der Waals surface area contributed by atoms with Crippen LogP contribution in [-0.4, -0.2) is 18.6 Å². The van der Waals surface area contributed by atoms with Crippen LogP contribution in [0.3, 0.4) is 0 Å². The number of aromatic nitrogens is 1. The highest BCUT2D eigenvalue weighted by molar-refractivity contribution is 9.10. The van der Waals surface area contributed by atoms with Crippen molar-refractivity contribution in [3.8, 4) is 11.8 Å². The van der Waals surface area contributed by atoms with E-state index in [4.69, 9.17) is 16.3 Å². The Morgan fingerprint density at radius 3 is 2.57 bits per heavy atom. The lowest BCUT2D eigenvalue weighted by Gasteiger charge is -2.27. The van der Waals surface area contributed by atoms with E-state index in [2.05, 4.69) is 44.0 Å². The second kappa shape index (κ2) is 11.3. The Labute approximate surface area is 181 Å². The van der Waals surface area contributed by atoms with Gasteiger partial charge in [0.2, 0.25) is 0 Å². The molecule has 2 unspecified atom stereocenters. The molecule has 0 spiro atoms. The van der Waals surface area contributed by atoms with E-state index >= 15 is 0 Å². The minimum Gasteiger partial charge on any atom is -0.497 e. The molecule has 0 radical (unpaired) electrons. The van der Waals surface area contributed by atoms with Gasteiger partial charge < -0.3 is 9.64 Å². The number of benzene rings is 1. The Hall–Kier alpha value is -1.77. The summed E-state index contributed by atoms with van der Waals surface area (Å²) in [5.41, 5.74) is 1.18. The topological polar surface area (TPSA) is 49.1 Å². The maximum absolute atomic E-state index is 9.18. The van der Waals surface area contributed by atoms with Crippen molar-refractivity contribution in [1.82, 2.24) is 4.98 Å². The molecule has 0 saturated heterocycles. The van der Waals surface area contributed by atoms with Crippen molar-refractivity contribution in [3.05, 3.63) is 51.6 Å². The predicted octanol–water partition coefficient (Wildman–Crippen LogP) is 6.48. The van der Waals surface area contributed by atoms with Crippen molar-refractivity contribution in [3.63, 3.8) is 0 Å². The molecule has 1 fully saturated rings. The molecule has 1 heterocycles. The Morgan fingerprint density at radius 2 is 2.00 bits per heavy atom. The summed E-state index contributed by atoms with van der Waals surface area (Å²) in [6.07, 6.45) is 4.78. The molecule has 1 aromatic heterocycles. The van der Waals surface area contributed by atoms with E-state index in [1.165, 1.54) is 5.56 Å². The van der Waals surface area contributed by atoms with Crippen LogP contribution in [0.5, 0.6) is 5.75 Å². The lowest BCUT2D eigenvalue weighted by Crippen LogP contribution is -2.29. The van der Waals surface area contributed by atoms with E-state index in [0.717, 1.165) is 48.4 Å². The maximum Gasteiger partial charge on any atom is 0.130 e. The highest BCUT2D eigenvalue weighted by Crippen LogP contribution is 2.33. The molecule has 1 aliphatic carbocycles. The Bertz CT molecular complexity index is 791. The first kappa shape index (κ1) is 22.5. The molecule has 6 heteroatoms. The highest BCUT2D eigenvalue weighted by atomic mass is 79.9. The third-order valence-corrected chi connectivity index (χ3v) is 6.03. The molecule has 0 aliphatic heterocycles. The van der Waals surface area contributed by atoms with Gasteiger partial charge in [-0.2, -0.15) is 5.26 Å². The van der Waals surface area contributed by atoms with Crippen molar-refractivity contribution in [2.45, 2.75) is 39.7 Å². The van der Waals surface area contributed by atoms with Crippen LogP contribution in [0.2, 0.25) is 5.02 Å². The zero-order valence-corrected chi connectivity index (χ0v) is 19.0. The van der Waals surface area contributed by atoms with Crippen molar-refractivity contribution in [2.24, 2.45) is 11.8 Å². The molecule has 0 bridgehead atoms. The van der Waals surface area contributed by atoms with Crippen LogP contribution >= 0.6 is 27.5 Å². The minimum absolute atomic E-state index is 0.185. The van der Waals surface area contributed by atoms with E-state index < -0.39 is 0 Å². The van der Waals surface area contributed by atoms with Gasteiger partial charge in [-0.3, -0.25) is 0 Å². The second-order valence-electron chi connectivity index (χ2n) is 6.69. The summed E-state index contributed by atoms with van der Waals surface area (Å²) < 4.78 is 6.03. The van der Waals surface area contributed by atoms with Gasteiger partial charge in [-0.15, -0.1) is 0 Å². The molecule has 1 aliphatic rings. The smallest absolute Gasteiger partial charge is 0.130 e. The monoisotopic (exact) mass is 463 g/mol. The summed E-state index contributed by atoms with van der Waals surface area (Å²) in [5.74, 6) is 2.39. The summed E-state index contributed by atoms with van der Waals surface area (Å²) in [6.45, 7) is 5.61. The fourth-order valence-electron chi connectivity index (χ4n) is 3.44. The van der Waals surface area contributed by atoms with E-state index in [-0.39, 0.29) is 5.92 Å². The van der Waals surface area contributed by atoms with E-state index in [0.29, 0.717) is 10.9 Å². The predicted molar refractivity (Wildman–Crippen MR) is 119 cm³/mol. The molecule has 3 rings (SSSR count). The zero-order valence-electron chi connectivity index (χ0n) is 16.7. The fraction of sp³-hybridized carbons (Fsp3) is 0.455. The number of pyridine rings is 1. The van der Waals surface area contributed by atoms with Crippen LogP contribution < -0.4 is 9.64 Å². The van der Waals surface area contributed by atoms with Gasteiger partial charge in [-0.25, -0.2) is 4.98 Å². The summed E-state index contributed by atoms with van der Waals surface area (Å²) in [5, 5.41) is 9.83. The first-order valence-corrected chi connectivity index (χ1v) is 10.8. The average molecular weight is 465 g/mol. The standard InChI is InChI=1S/C20H21BrClN3O.C2H6/c1-26-17-6-4-14(5-7-17)12-25(13-16-3-2-15(8-16)10-23)20-9-19(22)18(21)11-24-20;1-2/h4-7,9,11,15-16H,2-3,8,12-13H2,1H3;1-2H3. The molecule has 0 amide bonds. The maximum atomic E-state index is 9.18. The number of rotatable bonds is 6. The number of ether oxygens (including phenoxy) is 1. The van der Waals surface area contributed by atoms with E-state index in [1.807, 2.05) is 32.0 Å². The molecule has 150 valence electrons. The van der Waals surface area contributed by atoms with Crippen LogP contribution in [0.4, 0.5) is 5.82 Å². The minimum atomic E-state index is 0.185. The Balaban J connectivity index is 0.00000136. The summed E-state index contributed by atoms with van der Waals surface area (Å²) >= 11 is 9.69. The van der Waals surface area contributed by atoms with Crippen molar-refractivity contribution >= 4 is 33.3 Å². The average Bonchev–Trinajstić information content (AvgIpc) is 3.19. The first-order valence-electron chi connectivity index (χ1n) is 9.67. The van der Waals surface area contributed by atoms with Crippen LogP contribution in [0, 0.1) is 23.2 Å². The van der Waals surface area contributed by atoms with Crippen molar-refractivity contribution in [1.29, 1.82) is 5.26 Å². The summed E-state index contributed by atoms with van der Waals surface area (Å²) in [4.78, 5) is 6.81. The summed E-state index contributed by atoms with van der Waals surface area (Å²) in [7, 11) is 1.67. The molecular formula is C22H27BrClN3O. The number of nitriles is 1. The van der Waals surface area contributed by atoms with Crippen LogP contribution in [-0.2, 0) is 6.54 Å². The zero-order chi connectivity index (χ0) is 20.5. The van der Waals surface area contributed by atoms with Gasteiger partial charge in [-0.1, -0.05) is 37.6 Å². The quantitative estimate of drug-likeness (QED) is 0.491. The largest absolute Gasteiger partial charge is 0.497 e. The number of anilines is 1.